The number of aryl methyl sites for hydroxylation is 2. The first-order valence-electron chi connectivity index (χ1n) is 4.77. The lowest BCUT2D eigenvalue weighted by Gasteiger charge is -1.96. The molecule has 82 valence electrons. The number of aromatic nitrogens is 3. The molecule has 2 heterocycles. The maximum Gasteiger partial charge on any atom is 0.328 e. The highest BCUT2D eigenvalue weighted by Gasteiger charge is 2.08. The van der Waals surface area contributed by atoms with Crippen molar-refractivity contribution in [1.29, 1.82) is 0 Å². The van der Waals surface area contributed by atoms with Gasteiger partial charge in [0.05, 0.1) is 5.69 Å². The van der Waals surface area contributed by atoms with Gasteiger partial charge in [-0.15, -0.1) is 0 Å². The fraction of sp³-hybridized carbons (Fsp3) is 0.182. The summed E-state index contributed by atoms with van der Waals surface area (Å²) in [5.41, 5.74) is 2.46. The van der Waals surface area contributed by atoms with Gasteiger partial charge in [-0.25, -0.2) is 14.8 Å². The molecule has 0 saturated carbocycles. The van der Waals surface area contributed by atoms with E-state index in [1.165, 1.54) is 6.33 Å². The Balaban J connectivity index is 2.66. The SMILES string of the molecule is Cc1ncnc2c1c(/C=C/C(=O)O)cn2C. The first-order chi connectivity index (χ1) is 7.59. The third-order valence-corrected chi connectivity index (χ3v) is 2.38. The molecular formula is C11H11N3O2. The zero-order valence-corrected chi connectivity index (χ0v) is 9.01. The largest absolute Gasteiger partial charge is 0.478 e. The Morgan fingerprint density at radius 1 is 1.50 bits per heavy atom. The molecule has 0 spiro atoms. The number of aliphatic carboxylic acids is 1. The molecule has 0 aromatic carbocycles. The Hall–Kier alpha value is -2.17. The van der Waals surface area contributed by atoms with Gasteiger partial charge >= 0.3 is 5.97 Å². The standard InChI is InChI=1S/C11H11N3O2/c1-7-10-8(3-4-9(15)16)5-14(2)11(10)13-6-12-7/h3-6H,1-2H3,(H,15,16)/b4-3+. The smallest absolute Gasteiger partial charge is 0.328 e. The van der Waals surface area contributed by atoms with E-state index in [0.29, 0.717) is 0 Å². The van der Waals surface area contributed by atoms with Crippen LogP contribution in [-0.2, 0) is 11.8 Å². The van der Waals surface area contributed by atoms with Gasteiger partial charge in [0, 0.05) is 30.3 Å². The maximum atomic E-state index is 10.5. The van der Waals surface area contributed by atoms with Crippen LogP contribution in [-0.4, -0.2) is 25.6 Å². The monoisotopic (exact) mass is 217 g/mol. The Labute approximate surface area is 92.1 Å². The summed E-state index contributed by atoms with van der Waals surface area (Å²) < 4.78 is 1.85. The lowest BCUT2D eigenvalue weighted by Crippen LogP contribution is -1.90. The normalized spacial score (nSPS) is 11.4. The molecule has 0 fully saturated rings. The molecule has 0 atom stereocenters. The van der Waals surface area contributed by atoms with Crippen LogP contribution in [0.5, 0.6) is 0 Å². The van der Waals surface area contributed by atoms with Crippen molar-refractivity contribution >= 4 is 23.1 Å². The van der Waals surface area contributed by atoms with Gasteiger partial charge in [0.25, 0.3) is 0 Å². The van der Waals surface area contributed by atoms with Crippen molar-refractivity contribution in [3.05, 3.63) is 29.9 Å². The van der Waals surface area contributed by atoms with E-state index in [4.69, 9.17) is 5.11 Å². The third kappa shape index (κ3) is 1.67. The Morgan fingerprint density at radius 2 is 2.25 bits per heavy atom. The summed E-state index contributed by atoms with van der Waals surface area (Å²) in [4.78, 5) is 18.7. The van der Waals surface area contributed by atoms with Gasteiger partial charge in [0.1, 0.15) is 12.0 Å². The predicted molar refractivity (Wildman–Crippen MR) is 59.9 cm³/mol. The molecule has 0 saturated heterocycles. The molecule has 0 aliphatic carbocycles. The second kappa shape index (κ2) is 3.77. The molecule has 0 bridgehead atoms. The maximum absolute atomic E-state index is 10.5. The molecule has 2 rings (SSSR count). The van der Waals surface area contributed by atoms with E-state index in [9.17, 15) is 4.79 Å². The molecular weight excluding hydrogens is 206 g/mol. The lowest BCUT2D eigenvalue weighted by atomic mass is 10.2. The summed E-state index contributed by atoms with van der Waals surface area (Å²) in [6, 6.07) is 0. The highest BCUT2D eigenvalue weighted by atomic mass is 16.4. The second-order valence-electron chi connectivity index (χ2n) is 3.52. The Morgan fingerprint density at radius 3 is 2.94 bits per heavy atom. The minimum absolute atomic E-state index is 0.803. The zero-order valence-electron chi connectivity index (χ0n) is 9.01. The lowest BCUT2D eigenvalue weighted by molar-refractivity contribution is -0.131. The van der Waals surface area contributed by atoms with Crippen LogP contribution in [0.4, 0.5) is 0 Å². The number of hydrogen-bond donors (Lipinski definition) is 1. The minimum atomic E-state index is -0.966. The molecule has 16 heavy (non-hydrogen) atoms. The molecule has 2 aromatic rings. The number of hydrogen-bond acceptors (Lipinski definition) is 3. The number of fused-ring (bicyclic) bond motifs is 1. The van der Waals surface area contributed by atoms with Crippen molar-refractivity contribution in [3.63, 3.8) is 0 Å². The van der Waals surface area contributed by atoms with Crippen molar-refractivity contribution in [1.82, 2.24) is 14.5 Å². The van der Waals surface area contributed by atoms with Crippen LogP contribution >= 0.6 is 0 Å². The fourth-order valence-corrected chi connectivity index (χ4v) is 1.69. The molecule has 5 nitrogen and oxygen atoms in total. The Bertz CT molecular complexity index is 584. The average Bonchev–Trinajstić information content (AvgIpc) is 2.55. The number of carboxylic acids is 1. The van der Waals surface area contributed by atoms with E-state index >= 15 is 0 Å². The van der Waals surface area contributed by atoms with Crippen LogP contribution < -0.4 is 0 Å². The van der Waals surface area contributed by atoms with Gasteiger partial charge in [-0.3, -0.25) is 0 Å². The number of carbonyl (C=O) groups is 1. The summed E-state index contributed by atoms with van der Waals surface area (Å²) >= 11 is 0. The number of rotatable bonds is 2. The van der Waals surface area contributed by atoms with Gasteiger partial charge < -0.3 is 9.67 Å². The topological polar surface area (TPSA) is 68.0 Å². The van der Waals surface area contributed by atoms with Crippen molar-refractivity contribution < 1.29 is 9.90 Å². The summed E-state index contributed by atoms with van der Waals surface area (Å²) in [5, 5.41) is 9.49. The highest BCUT2D eigenvalue weighted by molar-refractivity contribution is 5.93. The molecule has 1 N–H and O–H groups in total. The quantitative estimate of drug-likeness (QED) is 0.771. The fourth-order valence-electron chi connectivity index (χ4n) is 1.69. The number of nitrogens with zero attached hydrogens (tertiary/aromatic N) is 3. The van der Waals surface area contributed by atoms with E-state index in [-0.39, 0.29) is 0 Å². The molecule has 5 heteroatoms. The van der Waals surface area contributed by atoms with Crippen LogP contribution in [0, 0.1) is 6.92 Å². The minimum Gasteiger partial charge on any atom is -0.478 e. The van der Waals surface area contributed by atoms with E-state index in [0.717, 1.165) is 28.4 Å². The first kappa shape index (κ1) is 10.4. The van der Waals surface area contributed by atoms with Crippen LogP contribution in [0.25, 0.3) is 17.1 Å². The summed E-state index contributed by atoms with van der Waals surface area (Å²) in [7, 11) is 1.87. The average molecular weight is 217 g/mol. The Kier molecular flexibility index (Phi) is 2.44. The predicted octanol–water partition coefficient (Wildman–Crippen LogP) is 1.37. The molecule has 0 radical (unpaired) electrons. The van der Waals surface area contributed by atoms with E-state index in [1.54, 1.807) is 6.08 Å². The van der Waals surface area contributed by atoms with Crippen LogP contribution in [0.1, 0.15) is 11.3 Å². The molecule has 0 amide bonds. The van der Waals surface area contributed by atoms with Gasteiger partial charge in [-0.1, -0.05) is 0 Å². The second-order valence-corrected chi connectivity index (χ2v) is 3.52. The van der Waals surface area contributed by atoms with Crippen molar-refractivity contribution in [3.8, 4) is 0 Å². The third-order valence-electron chi connectivity index (χ3n) is 2.38. The summed E-state index contributed by atoms with van der Waals surface area (Å²) in [6.07, 6.45) is 6.01. The summed E-state index contributed by atoms with van der Waals surface area (Å²) in [6.45, 7) is 1.88. The van der Waals surface area contributed by atoms with Gasteiger partial charge in [-0.05, 0) is 13.0 Å². The van der Waals surface area contributed by atoms with Crippen LogP contribution in [0.3, 0.4) is 0 Å². The summed E-state index contributed by atoms with van der Waals surface area (Å²) in [5.74, 6) is -0.966. The van der Waals surface area contributed by atoms with E-state index in [2.05, 4.69) is 9.97 Å². The van der Waals surface area contributed by atoms with Gasteiger partial charge in [0.15, 0.2) is 0 Å². The number of carboxylic acid groups (broad SMARTS) is 1. The van der Waals surface area contributed by atoms with E-state index < -0.39 is 5.97 Å². The molecule has 0 aliphatic rings. The highest BCUT2D eigenvalue weighted by Crippen LogP contribution is 2.21. The van der Waals surface area contributed by atoms with E-state index in [1.807, 2.05) is 24.7 Å². The van der Waals surface area contributed by atoms with Crippen LogP contribution in [0.2, 0.25) is 0 Å². The van der Waals surface area contributed by atoms with Crippen molar-refractivity contribution in [2.45, 2.75) is 6.92 Å². The van der Waals surface area contributed by atoms with Gasteiger partial charge in [-0.2, -0.15) is 0 Å². The van der Waals surface area contributed by atoms with Crippen molar-refractivity contribution in [2.75, 3.05) is 0 Å². The van der Waals surface area contributed by atoms with Gasteiger partial charge in [0.2, 0.25) is 0 Å². The van der Waals surface area contributed by atoms with Crippen LogP contribution in [0.15, 0.2) is 18.6 Å². The zero-order chi connectivity index (χ0) is 11.7. The molecule has 0 unspecified atom stereocenters. The van der Waals surface area contributed by atoms with Crippen molar-refractivity contribution in [2.24, 2.45) is 7.05 Å². The molecule has 0 aliphatic heterocycles. The first-order valence-corrected chi connectivity index (χ1v) is 4.77. The molecule has 2 aromatic heterocycles.